The molecule has 1 aromatic carbocycles. The van der Waals surface area contributed by atoms with Crippen molar-refractivity contribution < 1.29 is 4.79 Å². The van der Waals surface area contributed by atoms with Gasteiger partial charge in [-0.3, -0.25) is 15.6 Å². The van der Waals surface area contributed by atoms with Crippen molar-refractivity contribution in [2.75, 3.05) is 13.1 Å². The van der Waals surface area contributed by atoms with Crippen molar-refractivity contribution in [1.29, 1.82) is 0 Å². The average molecular weight is 339 g/mol. The highest BCUT2D eigenvalue weighted by Crippen LogP contribution is 2.31. The summed E-state index contributed by atoms with van der Waals surface area (Å²) in [5.41, 5.74) is 8.68. The number of para-hydroxylation sites is 1. The van der Waals surface area contributed by atoms with Gasteiger partial charge in [-0.05, 0) is 42.9 Å². The second-order valence-electron chi connectivity index (χ2n) is 7.02. The molecule has 1 saturated carbocycles. The van der Waals surface area contributed by atoms with Crippen molar-refractivity contribution in [3.05, 3.63) is 48.3 Å². The molecule has 0 bridgehead atoms. The second-order valence-corrected chi connectivity index (χ2v) is 7.02. The summed E-state index contributed by atoms with van der Waals surface area (Å²) in [6.45, 7) is 1.63. The van der Waals surface area contributed by atoms with E-state index < -0.39 is 0 Å². The Morgan fingerprint density at radius 3 is 3.04 bits per heavy atom. The largest absolute Gasteiger partial charge is 0.355 e. The summed E-state index contributed by atoms with van der Waals surface area (Å²) >= 11 is 0. The zero-order valence-electron chi connectivity index (χ0n) is 14.3. The summed E-state index contributed by atoms with van der Waals surface area (Å²) in [5, 5.41) is 7.52. The number of nitrogens with zero attached hydrogens (tertiary/aromatic N) is 2. The van der Waals surface area contributed by atoms with E-state index in [9.17, 15) is 4.79 Å². The van der Waals surface area contributed by atoms with Gasteiger partial charge in [0, 0.05) is 25.3 Å². The average Bonchev–Trinajstić information content (AvgIpc) is 3.31. The van der Waals surface area contributed by atoms with E-state index in [4.69, 9.17) is 0 Å². The number of nitrogens with one attached hydrogen (secondary N) is 3. The highest BCUT2D eigenvalue weighted by atomic mass is 16.1. The van der Waals surface area contributed by atoms with Crippen molar-refractivity contribution in [2.45, 2.75) is 31.7 Å². The van der Waals surface area contributed by atoms with Crippen LogP contribution < -0.4 is 16.2 Å². The number of amides is 1. The molecular weight excluding hydrogens is 314 g/mol. The third kappa shape index (κ3) is 3.60. The predicted molar refractivity (Wildman–Crippen MR) is 96.0 cm³/mol. The first kappa shape index (κ1) is 16.3. The van der Waals surface area contributed by atoms with E-state index in [1.165, 1.54) is 6.42 Å². The molecule has 4 rings (SSSR count). The number of hydrazine groups is 1. The van der Waals surface area contributed by atoms with Crippen LogP contribution in [0.15, 0.2) is 42.7 Å². The number of aromatic nitrogens is 2. The summed E-state index contributed by atoms with van der Waals surface area (Å²) in [7, 11) is 0. The minimum absolute atomic E-state index is 0.0841. The lowest BCUT2D eigenvalue weighted by Crippen LogP contribution is -2.48. The Bertz CT molecular complexity index is 714. The van der Waals surface area contributed by atoms with E-state index in [1.54, 1.807) is 0 Å². The molecule has 0 radical (unpaired) electrons. The van der Waals surface area contributed by atoms with Gasteiger partial charge in [-0.1, -0.05) is 24.6 Å². The molecule has 2 heterocycles. The summed E-state index contributed by atoms with van der Waals surface area (Å²) in [5.74, 6) is 0.857. The van der Waals surface area contributed by atoms with E-state index >= 15 is 0 Å². The zero-order chi connectivity index (χ0) is 17.1. The molecule has 1 aliphatic heterocycles. The topological polar surface area (TPSA) is 71.0 Å². The quantitative estimate of drug-likeness (QED) is 0.771. The van der Waals surface area contributed by atoms with Crippen molar-refractivity contribution in [3.8, 4) is 5.69 Å². The fraction of sp³-hybridized carbons (Fsp3) is 0.474. The van der Waals surface area contributed by atoms with Gasteiger partial charge in [-0.25, -0.2) is 4.68 Å². The van der Waals surface area contributed by atoms with Crippen LogP contribution in [-0.4, -0.2) is 34.8 Å². The third-order valence-corrected chi connectivity index (χ3v) is 5.37. The Balaban J connectivity index is 1.29. The summed E-state index contributed by atoms with van der Waals surface area (Å²) in [4.78, 5) is 12.6. The van der Waals surface area contributed by atoms with Gasteiger partial charge in [0.2, 0.25) is 5.91 Å². The van der Waals surface area contributed by atoms with Crippen LogP contribution in [0.25, 0.3) is 5.69 Å². The lowest BCUT2D eigenvalue weighted by Gasteiger charge is -2.31. The first-order valence-corrected chi connectivity index (χ1v) is 9.16. The zero-order valence-corrected chi connectivity index (χ0v) is 14.3. The number of carbonyl (C=O) groups is 1. The van der Waals surface area contributed by atoms with Crippen molar-refractivity contribution in [1.82, 2.24) is 25.9 Å². The number of rotatable bonds is 5. The Labute approximate surface area is 148 Å². The Kier molecular flexibility index (Phi) is 4.81. The maximum absolute atomic E-state index is 12.6. The Morgan fingerprint density at radius 2 is 2.16 bits per heavy atom. The molecule has 3 unspecified atom stereocenters. The molecule has 1 aliphatic carbocycles. The predicted octanol–water partition coefficient (Wildman–Crippen LogP) is 1.42. The van der Waals surface area contributed by atoms with Crippen LogP contribution >= 0.6 is 0 Å². The molecule has 6 heteroatoms. The monoisotopic (exact) mass is 339 g/mol. The lowest BCUT2D eigenvalue weighted by atomic mass is 9.77. The van der Waals surface area contributed by atoms with Gasteiger partial charge < -0.3 is 5.32 Å². The lowest BCUT2D eigenvalue weighted by molar-refractivity contribution is -0.127. The number of hydrogen-bond acceptors (Lipinski definition) is 4. The molecule has 1 aromatic heterocycles. The van der Waals surface area contributed by atoms with Crippen LogP contribution in [0.4, 0.5) is 0 Å². The molecule has 3 atom stereocenters. The normalized spacial score (nSPS) is 25.5. The maximum Gasteiger partial charge on any atom is 0.224 e. The summed E-state index contributed by atoms with van der Waals surface area (Å²) in [6, 6.07) is 10.3. The van der Waals surface area contributed by atoms with E-state index in [2.05, 4.69) is 21.3 Å². The van der Waals surface area contributed by atoms with E-state index in [0.29, 0.717) is 12.5 Å². The standard InChI is InChI=1S/C19H25N5O/c25-19(17-8-4-5-15-12-21-23-18(15)17)20-10-9-14-11-22-24(13-14)16-6-2-1-3-7-16/h1-3,6-7,11,13,15,17-18,21,23H,4-5,8-10,12H2,(H,20,25). The fourth-order valence-corrected chi connectivity index (χ4v) is 4.01. The highest BCUT2D eigenvalue weighted by Gasteiger charge is 2.39. The van der Waals surface area contributed by atoms with Gasteiger partial charge in [-0.2, -0.15) is 5.10 Å². The van der Waals surface area contributed by atoms with Crippen molar-refractivity contribution >= 4 is 5.91 Å². The minimum atomic E-state index is 0.0841. The van der Waals surface area contributed by atoms with Crippen LogP contribution in [0.5, 0.6) is 0 Å². The number of hydrogen-bond donors (Lipinski definition) is 3. The smallest absolute Gasteiger partial charge is 0.224 e. The molecule has 2 fully saturated rings. The fourth-order valence-electron chi connectivity index (χ4n) is 4.01. The van der Waals surface area contributed by atoms with Crippen LogP contribution in [0.2, 0.25) is 0 Å². The minimum Gasteiger partial charge on any atom is -0.355 e. The van der Waals surface area contributed by atoms with Gasteiger partial charge in [-0.15, -0.1) is 0 Å². The Morgan fingerprint density at radius 1 is 1.28 bits per heavy atom. The van der Waals surface area contributed by atoms with E-state index in [-0.39, 0.29) is 17.9 Å². The van der Waals surface area contributed by atoms with Gasteiger partial charge in [0.05, 0.1) is 17.8 Å². The molecule has 132 valence electrons. The molecule has 2 aliphatic rings. The second kappa shape index (κ2) is 7.37. The van der Waals surface area contributed by atoms with Gasteiger partial charge in [0.25, 0.3) is 0 Å². The number of fused-ring (bicyclic) bond motifs is 1. The molecule has 0 spiro atoms. The summed E-state index contributed by atoms with van der Waals surface area (Å²) < 4.78 is 1.87. The molecular formula is C19H25N5O. The SMILES string of the molecule is O=C(NCCc1cnn(-c2ccccc2)c1)C1CCCC2CNNC21. The van der Waals surface area contributed by atoms with Crippen molar-refractivity contribution in [3.63, 3.8) is 0 Å². The van der Waals surface area contributed by atoms with Gasteiger partial charge >= 0.3 is 0 Å². The van der Waals surface area contributed by atoms with E-state index in [0.717, 1.165) is 37.1 Å². The first-order valence-electron chi connectivity index (χ1n) is 9.16. The van der Waals surface area contributed by atoms with E-state index in [1.807, 2.05) is 47.4 Å². The molecule has 1 saturated heterocycles. The van der Waals surface area contributed by atoms with Crippen LogP contribution in [0.3, 0.4) is 0 Å². The van der Waals surface area contributed by atoms with Crippen LogP contribution in [0, 0.1) is 11.8 Å². The first-order chi connectivity index (χ1) is 12.3. The van der Waals surface area contributed by atoms with Crippen molar-refractivity contribution in [2.24, 2.45) is 11.8 Å². The summed E-state index contributed by atoms with van der Waals surface area (Å²) in [6.07, 6.45) is 8.04. The van der Waals surface area contributed by atoms with Crippen LogP contribution in [0.1, 0.15) is 24.8 Å². The number of benzene rings is 1. The maximum atomic E-state index is 12.6. The van der Waals surface area contributed by atoms with Gasteiger partial charge in [0.15, 0.2) is 0 Å². The van der Waals surface area contributed by atoms with Gasteiger partial charge in [0.1, 0.15) is 0 Å². The molecule has 3 N–H and O–H groups in total. The molecule has 6 nitrogen and oxygen atoms in total. The van der Waals surface area contributed by atoms with Crippen LogP contribution in [-0.2, 0) is 11.2 Å². The molecule has 1 amide bonds. The molecule has 2 aromatic rings. The third-order valence-electron chi connectivity index (χ3n) is 5.37. The highest BCUT2D eigenvalue weighted by molar-refractivity contribution is 5.79. The number of carbonyl (C=O) groups excluding carboxylic acids is 1. The molecule has 25 heavy (non-hydrogen) atoms. The Hall–Kier alpha value is -2.18.